The zero-order chi connectivity index (χ0) is 15.6. The fourth-order valence-electron chi connectivity index (χ4n) is 2.70. The number of rotatable bonds is 6. The summed E-state index contributed by atoms with van der Waals surface area (Å²) in [5.74, 6) is -1.04. The van der Waals surface area contributed by atoms with Crippen LogP contribution in [0.15, 0.2) is 12.4 Å². The molecule has 0 unspecified atom stereocenters. The SMILES string of the molecule is COCCN1C(=O)C[C@@H](C(N)=O)[C@H]1c1cnn(C(C)C)c1. The number of likely N-dealkylation sites (tertiary alicyclic amines) is 1. The second-order valence-corrected chi connectivity index (χ2v) is 5.59. The number of hydrogen-bond donors (Lipinski definition) is 1. The van der Waals surface area contributed by atoms with Gasteiger partial charge in [0.2, 0.25) is 11.8 Å². The van der Waals surface area contributed by atoms with Gasteiger partial charge in [0.15, 0.2) is 0 Å². The van der Waals surface area contributed by atoms with Crippen molar-refractivity contribution >= 4 is 11.8 Å². The van der Waals surface area contributed by atoms with E-state index in [0.717, 1.165) is 5.56 Å². The van der Waals surface area contributed by atoms with Gasteiger partial charge < -0.3 is 15.4 Å². The third-order valence-electron chi connectivity index (χ3n) is 3.83. The summed E-state index contributed by atoms with van der Waals surface area (Å²) in [6.45, 7) is 4.90. The maximum absolute atomic E-state index is 12.2. The van der Waals surface area contributed by atoms with E-state index in [-0.39, 0.29) is 24.4 Å². The van der Waals surface area contributed by atoms with Crippen molar-refractivity contribution in [1.29, 1.82) is 0 Å². The molecule has 0 aromatic carbocycles. The molecule has 1 aromatic heterocycles. The Bertz CT molecular complexity index is 526. The van der Waals surface area contributed by atoms with E-state index >= 15 is 0 Å². The first kappa shape index (κ1) is 15.5. The molecule has 7 heteroatoms. The Morgan fingerprint density at radius 1 is 1.57 bits per heavy atom. The standard InChI is InChI=1S/C14H22N4O3/c1-9(2)18-8-10(7-16-18)13-11(14(15)20)6-12(19)17(13)4-5-21-3/h7-9,11,13H,4-6H2,1-3H3,(H2,15,20)/t11-,13-/m1/s1. The van der Waals surface area contributed by atoms with Crippen molar-refractivity contribution in [3.63, 3.8) is 0 Å². The highest BCUT2D eigenvalue weighted by molar-refractivity contribution is 5.89. The summed E-state index contributed by atoms with van der Waals surface area (Å²) in [6.07, 6.45) is 3.74. The lowest BCUT2D eigenvalue weighted by molar-refractivity contribution is -0.129. The largest absolute Gasteiger partial charge is 0.383 e. The van der Waals surface area contributed by atoms with Gasteiger partial charge in [0, 0.05) is 37.9 Å². The fourth-order valence-corrected chi connectivity index (χ4v) is 2.70. The van der Waals surface area contributed by atoms with E-state index in [9.17, 15) is 9.59 Å². The number of methoxy groups -OCH3 is 1. The van der Waals surface area contributed by atoms with E-state index in [1.165, 1.54) is 0 Å². The highest BCUT2D eigenvalue weighted by atomic mass is 16.5. The molecule has 2 N–H and O–H groups in total. The molecule has 1 aromatic rings. The van der Waals surface area contributed by atoms with Crippen molar-refractivity contribution in [2.75, 3.05) is 20.3 Å². The van der Waals surface area contributed by atoms with Crippen molar-refractivity contribution in [3.05, 3.63) is 18.0 Å². The minimum Gasteiger partial charge on any atom is -0.383 e. The van der Waals surface area contributed by atoms with Gasteiger partial charge in [-0.25, -0.2) is 0 Å². The number of carbonyl (C=O) groups is 2. The summed E-state index contributed by atoms with van der Waals surface area (Å²) in [5.41, 5.74) is 6.31. The number of aromatic nitrogens is 2. The summed E-state index contributed by atoms with van der Waals surface area (Å²) in [6, 6.07) is -0.132. The van der Waals surface area contributed by atoms with Crippen molar-refractivity contribution in [1.82, 2.24) is 14.7 Å². The zero-order valence-electron chi connectivity index (χ0n) is 12.7. The molecule has 7 nitrogen and oxygen atoms in total. The predicted octanol–water partition coefficient (Wildman–Crippen LogP) is 0.485. The molecule has 1 aliphatic heterocycles. The molecule has 1 aliphatic rings. The average Bonchev–Trinajstić information content (AvgIpc) is 3.01. The van der Waals surface area contributed by atoms with Crippen LogP contribution in [0.25, 0.3) is 0 Å². The summed E-state index contributed by atoms with van der Waals surface area (Å²) in [4.78, 5) is 25.5. The summed E-state index contributed by atoms with van der Waals surface area (Å²) in [5, 5.41) is 4.29. The molecular formula is C14H22N4O3. The van der Waals surface area contributed by atoms with Crippen LogP contribution < -0.4 is 5.73 Å². The number of primary amides is 1. The molecular weight excluding hydrogens is 272 g/mol. The van der Waals surface area contributed by atoms with Crippen LogP contribution in [-0.4, -0.2) is 46.8 Å². The predicted molar refractivity (Wildman–Crippen MR) is 76.2 cm³/mol. The molecule has 1 fully saturated rings. The maximum atomic E-state index is 12.2. The van der Waals surface area contributed by atoms with Gasteiger partial charge in [-0.05, 0) is 13.8 Å². The molecule has 1 saturated heterocycles. The molecule has 116 valence electrons. The number of carbonyl (C=O) groups excluding carboxylic acids is 2. The second-order valence-electron chi connectivity index (χ2n) is 5.59. The zero-order valence-corrected chi connectivity index (χ0v) is 12.7. The van der Waals surface area contributed by atoms with Gasteiger partial charge >= 0.3 is 0 Å². The number of nitrogens with two attached hydrogens (primary N) is 1. The number of hydrogen-bond acceptors (Lipinski definition) is 4. The first-order valence-electron chi connectivity index (χ1n) is 7.07. The van der Waals surface area contributed by atoms with E-state index < -0.39 is 11.8 Å². The van der Waals surface area contributed by atoms with E-state index in [1.54, 1.807) is 18.2 Å². The van der Waals surface area contributed by atoms with Crippen LogP contribution in [0.3, 0.4) is 0 Å². The lowest BCUT2D eigenvalue weighted by atomic mass is 9.95. The highest BCUT2D eigenvalue weighted by Gasteiger charge is 2.43. The highest BCUT2D eigenvalue weighted by Crippen LogP contribution is 2.37. The molecule has 0 saturated carbocycles. The number of nitrogens with zero attached hydrogens (tertiary/aromatic N) is 3. The van der Waals surface area contributed by atoms with Crippen molar-refractivity contribution in [3.8, 4) is 0 Å². The van der Waals surface area contributed by atoms with Crippen LogP contribution in [-0.2, 0) is 14.3 Å². The minimum atomic E-state index is -0.515. The van der Waals surface area contributed by atoms with Crippen molar-refractivity contribution in [2.24, 2.45) is 11.7 Å². The van der Waals surface area contributed by atoms with Gasteiger partial charge in [-0.2, -0.15) is 5.10 Å². The van der Waals surface area contributed by atoms with Gasteiger partial charge in [-0.3, -0.25) is 14.3 Å². The normalized spacial score (nSPS) is 22.3. The van der Waals surface area contributed by atoms with E-state index in [4.69, 9.17) is 10.5 Å². The van der Waals surface area contributed by atoms with Crippen molar-refractivity contribution in [2.45, 2.75) is 32.4 Å². The fraction of sp³-hybridized carbons (Fsp3) is 0.643. The van der Waals surface area contributed by atoms with Gasteiger partial charge in [0.05, 0.1) is 24.8 Å². The van der Waals surface area contributed by atoms with Gasteiger partial charge in [0.25, 0.3) is 0 Å². The summed E-state index contributed by atoms with van der Waals surface area (Å²) in [7, 11) is 1.58. The number of amides is 2. The Kier molecular flexibility index (Phi) is 4.62. The molecule has 2 heterocycles. The quantitative estimate of drug-likeness (QED) is 0.826. The second kappa shape index (κ2) is 6.26. The molecule has 21 heavy (non-hydrogen) atoms. The molecule has 0 bridgehead atoms. The monoisotopic (exact) mass is 294 g/mol. The van der Waals surface area contributed by atoms with Crippen molar-refractivity contribution < 1.29 is 14.3 Å². The molecule has 2 atom stereocenters. The lowest BCUT2D eigenvalue weighted by Gasteiger charge is -2.26. The van der Waals surface area contributed by atoms with Crippen LogP contribution in [0.4, 0.5) is 0 Å². The van der Waals surface area contributed by atoms with Gasteiger partial charge in [-0.15, -0.1) is 0 Å². The van der Waals surface area contributed by atoms with Crippen LogP contribution in [0.5, 0.6) is 0 Å². The lowest BCUT2D eigenvalue weighted by Crippen LogP contribution is -2.34. The van der Waals surface area contributed by atoms with Crippen LogP contribution >= 0.6 is 0 Å². The first-order valence-corrected chi connectivity index (χ1v) is 7.07. The third-order valence-corrected chi connectivity index (χ3v) is 3.83. The summed E-state index contributed by atoms with van der Waals surface area (Å²) >= 11 is 0. The smallest absolute Gasteiger partial charge is 0.224 e. The van der Waals surface area contributed by atoms with E-state index in [1.807, 2.05) is 24.7 Å². The minimum absolute atomic E-state index is 0.0712. The first-order chi connectivity index (χ1) is 9.95. The Hall–Kier alpha value is -1.89. The Balaban J connectivity index is 2.31. The van der Waals surface area contributed by atoms with Crippen LogP contribution in [0, 0.1) is 5.92 Å². The maximum Gasteiger partial charge on any atom is 0.224 e. The van der Waals surface area contributed by atoms with Gasteiger partial charge in [-0.1, -0.05) is 0 Å². The Morgan fingerprint density at radius 3 is 2.81 bits per heavy atom. The Labute approximate surface area is 124 Å². The van der Waals surface area contributed by atoms with Gasteiger partial charge in [0.1, 0.15) is 0 Å². The third kappa shape index (κ3) is 3.07. The molecule has 2 amide bonds. The summed E-state index contributed by atoms with van der Waals surface area (Å²) < 4.78 is 6.85. The molecule has 2 rings (SSSR count). The molecule has 0 spiro atoms. The van der Waals surface area contributed by atoms with Crippen LogP contribution in [0.1, 0.15) is 37.9 Å². The number of ether oxygens (including phenoxy) is 1. The van der Waals surface area contributed by atoms with Crippen LogP contribution in [0.2, 0.25) is 0 Å². The molecule has 0 aliphatic carbocycles. The van der Waals surface area contributed by atoms with E-state index in [2.05, 4.69) is 5.10 Å². The van der Waals surface area contributed by atoms with E-state index in [0.29, 0.717) is 13.2 Å². The topological polar surface area (TPSA) is 90.4 Å². The molecule has 0 radical (unpaired) electrons. The average molecular weight is 294 g/mol. The Morgan fingerprint density at radius 2 is 2.29 bits per heavy atom.